The van der Waals surface area contributed by atoms with Crippen LogP contribution < -0.4 is 5.32 Å². The van der Waals surface area contributed by atoms with Gasteiger partial charge in [0.25, 0.3) is 0 Å². The average molecular weight is 210 g/mol. The summed E-state index contributed by atoms with van der Waals surface area (Å²) in [6, 6.07) is 0. The first-order valence-electron chi connectivity index (χ1n) is 5.13. The van der Waals surface area contributed by atoms with Gasteiger partial charge in [-0.1, -0.05) is 5.16 Å². The van der Waals surface area contributed by atoms with Crippen LogP contribution in [0, 0.1) is 0 Å². The number of aromatic nitrogens is 1. The van der Waals surface area contributed by atoms with Crippen LogP contribution in [0.1, 0.15) is 30.1 Å². The lowest BCUT2D eigenvalue weighted by Gasteiger charge is -2.20. The summed E-state index contributed by atoms with van der Waals surface area (Å²) in [5.74, 6) is 0.246. The zero-order valence-electron chi connectivity index (χ0n) is 8.40. The normalized spacial score (nSPS) is 17.9. The molecule has 0 bridgehead atoms. The Morgan fingerprint density at radius 3 is 3.00 bits per heavy atom. The molecule has 0 radical (unpaired) electrons. The van der Waals surface area contributed by atoms with E-state index in [9.17, 15) is 4.79 Å². The quantitative estimate of drug-likeness (QED) is 0.770. The van der Waals surface area contributed by atoms with Gasteiger partial charge in [-0.3, -0.25) is 4.79 Å². The van der Waals surface area contributed by atoms with E-state index in [1.54, 1.807) is 0 Å². The predicted octanol–water partition coefficient (Wildman–Crippen LogP) is 0.769. The summed E-state index contributed by atoms with van der Waals surface area (Å²) in [6.45, 7) is 1.91. The van der Waals surface area contributed by atoms with Crippen molar-refractivity contribution in [1.29, 1.82) is 0 Å². The Hall–Kier alpha value is -1.36. The Labute approximate surface area is 87.5 Å². The summed E-state index contributed by atoms with van der Waals surface area (Å²) in [7, 11) is 0. The van der Waals surface area contributed by atoms with Gasteiger partial charge in [-0.25, -0.2) is 0 Å². The van der Waals surface area contributed by atoms with Crippen molar-refractivity contribution in [1.82, 2.24) is 10.5 Å². The van der Waals surface area contributed by atoms with Gasteiger partial charge in [0.1, 0.15) is 5.76 Å². The second-order valence-electron chi connectivity index (χ2n) is 3.81. The van der Waals surface area contributed by atoms with E-state index in [2.05, 4.69) is 10.5 Å². The molecule has 2 rings (SSSR count). The van der Waals surface area contributed by atoms with Gasteiger partial charge < -0.3 is 14.9 Å². The van der Waals surface area contributed by atoms with Crippen LogP contribution in [-0.2, 0) is 11.2 Å². The molecule has 5 nitrogen and oxygen atoms in total. The molecule has 0 saturated carbocycles. The van der Waals surface area contributed by atoms with Crippen molar-refractivity contribution in [2.75, 3.05) is 13.1 Å². The van der Waals surface area contributed by atoms with E-state index in [-0.39, 0.29) is 6.42 Å². The third-order valence-corrected chi connectivity index (χ3v) is 2.73. The first-order valence-corrected chi connectivity index (χ1v) is 5.13. The van der Waals surface area contributed by atoms with Crippen LogP contribution in [-0.4, -0.2) is 29.3 Å². The number of nitrogens with one attached hydrogen (secondary N) is 1. The SMILES string of the molecule is O=C(O)Cc1cnoc1C1CCNCC1. The Balaban J connectivity index is 2.12. The van der Waals surface area contributed by atoms with Crippen LogP contribution >= 0.6 is 0 Å². The Morgan fingerprint density at radius 2 is 2.33 bits per heavy atom. The molecule has 2 heterocycles. The fourth-order valence-corrected chi connectivity index (χ4v) is 1.99. The highest BCUT2D eigenvalue weighted by Crippen LogP contribution is 2.28. The number of piperidine rings is 1. The second kappa shape index (κ2) is 4.44. The number of carboxylic acids is 1. The van der Waals surface area contributed by atoms with Crippen molar-refractivity contribution >= 4 is 5.97 Å². The van der Waals surface area contributed by atoms with Crippen molar-refractivity contribution in [3.8, 4) is 0 Å². The number of carbonyl (C=O) groups is 1. The van der Waals surface area contributed by atoms with Crippen LogP contribution in [0.3, 0.4) is 0 Å². The van der Waals surface area contributed by atoms with Gasteiger partial charge in [-0.15, -0.1) is 0 Å². The van der Waals surface area contributed by atoms with Crippen molar-refractivity contribution in [3.05, 3.63) is 17.5 Å². The van der Waals surface area contributed by atoms with Gasteiger partial charge in [-0.05, 0) is 25.9 Å². The Kier molecular flexibility index (Phi) is 3.01. The molecule has 1 aromatic rings. The molecule has 1 aromatic heterocycles. The minimum Gasteiger partial charge on any atom is -0.481 e. The number of hydrogen-bond acceptors (Lipinski definition) is 4. The monoisotopic (exact) mass is 210 g/mol. The van der Waals surface area contributed by atoms with Crippen LogP contribution in [0.2, 0.25) is 0 Å². The minimum atomic E-state index is -0.839. The molecule has 0 aromatic carbocycles. The van der Waals surface area contributed by atoms with Gasteiger partial charge in [0.2, 0.25) is 0 Å². The van der Waals surface area contributed by atoms with Gasteiger partial charge in [-0.2, -0.15) is 0 Å². The van der Waals surface area contributed by atoms with Crippen LogP contribution in [0.4, 0.5) is 0 Å². The summed E-state index contributed by atoms with van der Waals surface area (Å²) in [5, 5.41) is 15.7. The lowest BCUT2D eigenvalue weighted by Crippen LogP contribution is -2.27. The maximum atomic E-state index is 10.6. The van der Waals surface area contributed by atoms with E-state index in [1.807, 2.05) is 0 Å². The van der Waals surface area contributed by atoms with E-state index in [0.717, 1.165) is 37.3 Å². The first-order chi connectivity index (χ1) is 7.27. The maximum absolute atomic E-state index is 10.6. The highest BCUT2D eigenvalue weighted by atomic mass is 16.5. The van der Waals surface area contributed by atoms with Gasteiger partial charge in [0, 0.05) is 11.5 Å². The third-order valence-electron chi connectivity index (χ3n) is 2.73. The molecule has 0 amide bonds. The van der Waals surface area contributed by atoms with Crippen molar-refractivity contribution in [3.63, 3.8) is 0 Å². The molecule has 82 valence electrons. The molecule has 0 atom stereocenters. The van der Waals surface area contributed by atoms with E-state index in [1.165, 1.54) is 6.20 Å². The maximum Gasteiger partial charge on any atom is 0.308 e. The van der Waals surface area contributed by atoms with E-state index >= 15 is 0 Å². The second-order valence-corrected chi connectivity index (χ2v) is 3.81. The molecule has 5 heteroatoms. The van der Waals surface area contributed by atoms with E-state index < -0.39 is 5.97 Å². The lowest BCUT2D eigenvalue weighted by molar-refractivity contribution is -0.136. The van der Waals surface area contributed by atoms with E-state index in [0.29, 0.717) is 5.92 Å². The molecule has 15 heavy (non-hydrogen) atoms. The Morgan fingerprint density at radius 1 is 1.60 bits per heavy atom. The molecule has 0 aliphatic carbocycles. The molecule has 1 fully saturated rings. The highest BCUT2D eigenvalue weighted by Gasteiger charge is 2.23. The van der Waals surface area contributed by atoms with Crippen LogP contribution in [0.25, 0.3) is 0 Å². The number of aliphatic carboxylic acids is 1. The van der Waals surface area contributed by atoms with Crippen LogP contribution in [0.5, 0.6) is 0 Å². The predicted molar refractivity (Wildman–Crippen MR) is 52.7 cm³/mol. The highest BCUT2D eigenvalue weighted by molar-refractivity contribution is 5.70. The molecule has 0 spiro atoms. The smallest absolute Gasteiger partial charge is 0.308 e. The first kappa shape index (κ1) is 10.2. The lowest BCUT2D eigenvalue weighted by atomic mass is 9.92. The standard InChI is InChI=1S/C10H14N2O3/c13-9(14)5-8-6-12-15-10(8)7-1-3-11-4-2-7/h6-7,11H,1-5H2,(H,13,14). The van der Waals surface area contributed by atoms with E-state index in [4.69, 9.17) is 9.63 Å². The average Bonchev–Trinajstić information content (AvgIpc) is 2.66. The minimum absolute atomic E-state index is 0.00274. The van der Waals surface area contributed by atoms with Crippen molar-refractivity contribution in [2.24, 2.45) is 0 Å². The summed E-state index contributed by atoms with van der Waals surface area (Å²) < 4.78 is 5.16. The van der Waals surface area contributed by atoms with Crippen LogP contribution in [0.15, 0.2) is 10.7 Å². The molecular weight excluding hydrogens is 196 g/mol. The number of nitrogens with zero attached hydrogens (tertiary/aromatic N) is 1. The van der Waals surface area contributed by atoms with Gasteiger partial charge in [0.15, 0.2) is 0 Å². The molecule has 0 unspecified atom stereocenters. The third kappa shape index (κ3) is 2.36. The zero-order chi connectivity index (χ0) is 10.7. The summed E-state index contributed by atoms with van der Waals surface area (Å²) in [4.78, 5) is 10.6. The van der Waals surface area contributed by atoms with Crippen molar-refractivity contribution in [2.45, 2.75) is 25.2 Å². The van der Waals surface area contributed by atoms with Gasteiger partial charge >= 0.3 is 5.97 Å². The number of hydrogen-bond donors (Lipinski definition) is 2. The molecule has 1 saturated heterocycles. The largest absolute Gasteiger partial charge is 0.481 e. The Bertz CT molecular complexity index is 342. The number of carboxylic acid groups (broad SMARTS) is 1. The summed E-state index contributed by atoms with van der Waals surface area (Å²) in [5.41, 5.74) is 0.717. The fraction of sp³-hybridized carbons (Fsp3) is 0.600. The topological polar surface area (TPSA) is 75.4 Å². The molecule has 1 aliphatic heterocycles. The molecule has 2 N–H and O–H groups in total. The molecular formula is C10H14N2O3. The number of rotatable bonds is 3. The summed E-state index contributed by atoms with van der Waals surface area (Å²) >= 11 is 0. The van der Waals surface area contributed by atoms with Gasteiger partial charge in [0.05, 0.1) is 12.6 Å². The van der Waals surface area contributed by atoms with Crippen molar-refractivity contribution < 1.29 is 14.4 Å². The summed E-state index contributed by atoms with van der Waals surface area (Å²) in [6.07, 6.45) is 3.50. The fourth-order valence-electron chi connectivity index (χ4n) is 1.99. The zero-order valence-corrected chi connectivity index (χ0v) is 8.40. The molecule has 1 aliphatic rings.